The molecule has 2 aromatic carbocycles. The van der Waals surface area contributed by atoms with E-state index < -0.39 is 17.8 Å². The molecule has 1 saturated heterocycles. The number of unbranched alkanes of at least 4 members (excludes halogenated alkanes) is 1. The molecule has 1 aliphatic rings. The summed E-state index contributed by atoms with van der Waals surface area (Å²) in [5, 5.41) is 5.63. The van der Waals surface area contributed by atoms with Crippen LogP contribution in [0.5, 0.6) is 0 Å². The average molecular weight is 411 g/mol. The lowest BCUT2D eigenvalue weighted by Gasteiger charge is -2.24. The zero-order valence-electron chi connectivity index (χ0n) is 17.0. The van der Waals surface area contributed by atoms with E-state index in [-0.39, 0.29) is 11.8 Å². The molecule has 1 atom stereocenters. The van der Waals surface area contributed by atoms with Gasteiger partial charge in [0, 0.05) is 29.9 Å². The summed E-state index contributed by atoms with van der Waals surface area (Å²) in [7, 11) is 0. The van der Waals surface area contributed by atoms with Crippen LogP contribution in [0.3, 0.4) is 0 Å². The summed E-state index contributed by atoms with van der Waals surface area (Å²) < 4.78 is 13.0. The molecule has 6 nitrogen and oxygen atoms in total. The van der Waals surface area contributed by atoms with E-state index in [4.69, 9.17) is 0 Å². The molecule has 7 heteroatoms. The van der Waals surface area contributed by atoms with E-state index in [1.54, 1.807) is 29.2 Å². The van der Waals surface area contributed by atoms with Crippen LogP contribution in [0.1, 0.15) is 53.3 Å². The van der Waals surface area contributed by atoms with Gasteiger partial charge in [0.1, 0.15) is 11.9 Å². The van der Waals surface area contributed by atoms with Crippen molar-refractivity contribution < 1.29 is 18.8 Å². The van der Waals surface area contributed by atoms with E-state index in [0.717, 1.165) is 19.3 Å². The van der Waals surface area contributed by atoms with E-state index >= 15 is 0 Å². The van der Waals surface area contributed by atoms with Gasteiger partial charge >= 0.3 is 0 Å². The van der Waals surface area contributed by atoms with Gasteiger partial charge in [0.25, 0.3) is 11.8 Å². The van der Waals surface area contributed by atoms with Gasteiger partial charge in [0.15, 0.2) is 0 Å². The molecule has 2 aromatic rings. The maximum atomic E-state index is 13.0. The zero-order chi connectivity index (χ0) is 21.5. The van der Waals surface area contributed by atoms with Gasteiger partial charge in [0.05, 0.1) is 0 Å². The lowest BCUT2D eigenvalue weighted by Crippen LogP contribution is -2.46. The van der Waals surface area contributed by atoms with E-state index in [1.165, 1.54) is 24.3 Å². The van der Waals surface area contributed by atoms with Crippen molar-refractivity contribution in [3.05, 3.63) is 65.5 Å². The highest BCUT2D eigenvalue weighted by Gasteiger charge is 2.34. The number of halogens is 1. The average Bonchev–Trinajstić information content (AvgIpc) is 3.24. The molecular weight excluding hydrogens is 385 g/mol. The van der Waals surface area contributed by atoms with Crippen LogP contribution in [-0.4, -0.2) is 41.8 Å². The summed E-state index contributed by atoms with van der Waals surface area (Å²) in [6, 6.07) is 11.4. The Bertz CT molecular complexity index is 914. The normalized spacial score (nSPS) is 15.7. The van der Waals surface area contributed by atoms with Crippen LogP contribution in [0.25, 0.3) is 0 Å². The highest BCUT2D eigenvalue weighted by Crippen LogP contribution is 2.22. The first-order chi connectivity index (χ1) is 14.5. The van der Waals surface area contributed by atoms with E-state index in [0.29, 0.717) is 36.3 Å². The molecule has 0 aromatic heterocycles. The Morgan fingerprint density at radius 3 is 2.60 bits per heavy atom. The van der Waals surface area contributed by atoms with Crippen molar-refractivity contribution in [1.82, 2.24) is 10.2 Å². The van der Waals surface area contributed by atoms with Gasteiger partial charge in [-0.2, -0.15) is 0 Å². The summed E-state index contributed by atoms with van der Waals surface area (Å²) in [6.07, 6.45) is 3.32. The van der Waals surface area contributed by atoms with Gasteiger partial charge in [-0.3, -0.25) is 14.4 Å². The second-order valence-corrected chi connectivity index (χ2v) is 7.34. The third kappa shape index (κ3) is 5.23. The maximum absolute atomic E-state index is 13.0. The van der Waals surface area contributed by atoms with Gasteiger partial charge in [-0.25, -0.2) is 4.39 Å². The van der Waals surface area contributed by atoms with Crippen LogP contribution in [-0.2, 0) is 4.79 Å². The molecule has 0 spiro atoms. The monoisotopic (exact) mass is 411 g/mol. The molecule has 0 saturated carbocycles. The molecule has 2 N–H and O–H groups in total. The lowest BCUT2D eigenvalue weighted by molar-refractivity contribution is -0.124. The molecule has 0 aliphatic carbocycles. The van der Waals surface area contributed by atoms with Gasteiger partial charge < -0.3 is 15.5 Å². The van der Waals surface area contributed by atoms with Crippen LogP contribution in [0.4, 0.5) is 10.1 Å². The Hall–Kier alpha value is -3.22. The number of nitrogens with one attached hydrogen (secondary N) is 2. The molecular formula is C23H26FN3O3. The molecule has 3 amide bonds. The molecule has 3 rings (SSSR count). The first-order valence-electron chi connectivity index (χ1n) is 10.2. The third-order valence-corrected chi connectivity index (χ3v) is 5.12. The number of carbonyl (C=O) groups is 3. The van der Waals surface area contributed by atoms with Crippen LogP contribution in [0, 0.1) is 5.82 Å². The summed E-state index contributed by atoms with van der Waals surface area (Å²) in [5.41, 5.74) is 1.18. The van der Waals surface area contributed by atoms with Gasteiger partial charge in [-0.05, 0) is 61.7 Å². The second-order valence-electron chi connectivity index (χ2n) is 7.34. The Kier molecular flexibility index (Phi) is 7.17. The number of likely N-dealkylation sites (tertiary alicyclic amines) is 1. The molecule has 0 bridgehead atoms. The second kappa shape index (κ2) is 10.0. The third-order valence-electron chi connectivity index (χ3n) is 5.12. The number of nitrogens with zero attached hydrogens (tertiary/aromatic N) is 1. The molecule has 1 unspecified atom stereocenters. The van der Waals surface area contributed by atoms with E-state index in [9.17, 15) is 18.8 Å². The van der Waals surface area contributed by atoms with Crippen LogP contribution < -0.4 is 10.6 Å². The van der Waals surface area contributed by atoms with Crippen molar-refractivity contribution in [2.45, 2.75) is 38.6 Å². The minimum atomic E-state index is -0.466. The van der Waals surface area contributed by atoms with Crippen molar-refractivity contribution >= 4 is 23.4 Å². The predicted molar refractivity (Wildman–Crippen MR) is 113 cm³/mol. The SMILES string of the molecule is CCCCNC(=O)C1CCCN1C(=O)c1cccc(NC(=O)c2ccc(F)cc2)c1. The molecule has 158 valence electrons. The zero-order valence-corrected chi connectivity index (χ0v) is 17.0. The number of anilines is 1. The molecule has 30 heavy (non-hydrogen) atoms. The molecule has 1 aliphatic heterocycles. The quantitative estimate of drug-likeness (QED) is 0.684. The number of amides is 3. The Labute approximate surface area is 175 Å². The topological polar surface area (TPSA) is 78.5 Å². The number of carbonyl (C=O) groups excluding carboxylic acids is 3. The predicted octanol–water partition coefficient (Wildman–Crippen LogP) is 3.60. The van der Waals surface area contributed by atoms with Crippen molar-refractivity contribution in [3.63, 3.8) is 0 Å². The Morgan fingerprint density at radius 2 is 1.87 bits per heavy atom. The Morgan fingerprint density at radius 1 is 1.10 bits per heavy atom. The number of hydrogen-bond donors (Lipinski definition) is 2. The molecule has 0 radical (unpaired) electrons. The van der Waals surface area contributed by atoms with Crippen molar-refractivity contribution in [3.8, 4) is 0 Å². The van der Waals surface area contributed by atoms with Gasteiger partial charge in [0.2, 0.25) is 5.91 Å². The van der Waals surface area contributed by atoms with Crippen LogP contribution in [0.2, 0.25) is 0 Å². The van der Waals surface area contributed by atoms with Crippen molar-refractivity contribution in [2.75, 3.05) is 18.4 Å². The van der Waals surface area contributed by atoms with Gasteiger partial charge in [-0.1, -0.05) is 19.4 Å². The summed E-state index contributed by atoms with van der Waals surface area (Å²) in [6.45, 7) is 3.19. The Balaban J connectivity index is 1.68. The fourth-order valence-corrected chi connectivity index (χ4v) is 3.49. The lowest BCUT2D eigenvalue weighted by atomic mass is 10.1. The fourth-order valence-electron chi connectivity index (χ4n) is 3.49. The number of rotatable bonds is 7. The molecule has 1 fully saturated rings. The van der Waals surface area contributed by atoms with Gasteiger partial charge in [-0.15, -0.1) is 0 Å². The van der Waals surface area contributed by atoms with Crippen LogP contribution >= 0.6 is 0 Å². The van der Waals surface area contributed by atoms with E-state index in [1.807, 2.05) is 0 Å². The summed E-state index contributed by atoms with van der Waals surface area (Å²) >= 11 is 0. The first-order valence-corrected chi connectivity index (χ1v) is 10.2. The van der Waals surface area contributed by atoms with Crippen LogP contribution in [0.15, 0.2) is 48.5 Å². The largest absolute Gasteiger partial charge is 0.354 e. The van der Waals surface area contributed by atoms with E-state index in [2.05, 4.69) is 17.6 Å². The highest BCUT2D eigenvalue weighted by molar-refractivity contribution is 6.05. The highest BCUT2D eigenvalue weighted by atomic mass is 19.1. The van der Waals surface area contributed by atoms with Crippen molar-refractivity contribution in [1.29, 1.82) is 0 Å². The molecule has 1 heterocycles. The van der Waals surface area contributed by atoms with Crippen molar-refractivity contribution in [2.24, 2.45) is 0 Å². The minimum absolute atomic E-state index is 0.116. The summed E-state index contributed by atoms with van der Waals surface area (Å²) in [5.74, 6) is -1.16. The smallest absolute Gasteiger partial charge is 0.255 e. The number of hydrogen-bond acceptors (Lipinski definition) is 3. The first kappa shape index (κ1) is 21.5. The summed E-state index contributed by atoms with van der Waals surface area (Å²) in [4.78, 5) is 39.4. The maximum Gasteiger partial charge on any atom is 0.255 e. The fraction of sp³-hybridized carbons (Fsp3) is 0.348. The standard InChI is InChI=1S/C23H26FN3O3/c1-2-3-13-25-22(29)20-8-5-14-27(20)23(30)17-6-4-7-19(15-17)26-21(28)16-9-11-18(24)12-10-16/h4,6-7,9-12,15,20H,2-3,5,8,13-14H2,1H3,(H,25,29)(H,26,28). The number of benzene rings is 2. The minimum Gasteiger partial charge on any atom is -0.354 e.